The Morgan fingerprint density at radius 3 is 2.56 bits per heavy atom. The lowest BCUT2D eigenvalue weighted by Crippen LogP contribution is -2.40. The molecule has 1 aliphatic heterocycles. The van der Waals surface area contributed by atoms with E-state index in [1.807, 2.05) is 0 Å². The molecule has 18 heavy (non-hydrogen) atoms. The number of hydrogen-bond donors (Lipinski definition) is 1. The summed E-state index contributed by atoms with van der Waals surface area (Å²) in [5.41, 5.74) is 0.243. The molecule has 1 fully saturated rings. The molecule has 1 saturated heterocycles. The maximum atomic E-state index is 3.57. The third-order valence-electron chi connectivity index (χ3n) is 4.01. The molecule has 2 atom stereocenters. The molecule has 108 valence electrons. The largest absolute Gasteiger partial charge is 0.312 e. The van der Waals surface area contributed by atoms with Crippen LogP contribution in [0.5, 0.6) is 0 Å². The molecule has 0 aliphatic carbocycles. The summed E-state index contributed by atoms with van der Waals surface area (Å²) in [6, 6.07) is 0.672. The van der Waals surface area contributed by atoms with Crippen molar-refractivity contribution in [3.05, 3.63) is 0 Å². The third-order valence-corrected chi connectivity index (χ3v) is 4.01. The standard InChI is InChI=1S/C15H33N3/c1-13(7-9-16-15(2,3)4)18(6)12-14-8-10-17(5)11-14/h13-14,16H,7-12H2,1-6H3. The topological polar surface area (TPSA) is 18.5 Å². The summed E-state index contributed by atoms with van der Waals surface area (Å²) in [6.07, 6.45) is 2.60. The second-order valence-corrected chi connectivity index (χ2v) is 7.17. The van der Waals surface area contributed by atoms with Crippen LogP contribution in [-0.4, -0.2) is 61.7 Å². The normalized spacial score (nSPS) is 23.8. The lowest BCUT2D eigenvalue weighted by Gasteiger charge is -2.29. The van der Waals surface area contributed by atoms with Gasteiger partial charge in [-0.1, -0.05) is 0 Å². The Hall–Kier alpha value is -0.120. The van der Waals surface area contributed by atoms with Gasteiger partial charge < -0.3 is 15.1 Å². The molecule has 1 heterocycles. The van der Waals surface area contributed by atoms with E-state index >= 15 is 0 Å². The van der Waals surface area contributed by atoms with E-state index in [2.05, 4.69) is 56.9 Å². The van der Waals surface area contributed by atoms with Crippen molar-refractivity contribution in [1.29, 1.82) is 0 Å². The summed E-state index contributed by atoms with van der Waals surface area (Å²) in [4.78, 5) is 4.98. The molecule has 0 radical (unpaired) electrons. The first-order valence-corrected chi connectivity index (χ1v) is 7.42. The van der Waals surface area contributed by atoms with Gasteiger partial charge in [0.1, 0.15) is 0 Å². The van der Waals surface area contributed by atoms with Gasteiger partial charge in [-0.05, 0) is 73.6 Å². The van der Waals surface area contributed by atoms with Crippen molar-refractivity contribution in [2.75, 3.05) is 40.3 Å². The Morgan fingerprint density at radius 1 is 1.39 bits per heavy atom. The SMILES string of the molecule is CC(CCNC(C)(C)C)N(C)CC1CCN(C)C1. The first-order valence-electron chi connectivity index (χ1n) is 7.42. The number of nitrogens with one attached hydrogen (secondary N) is 1. The highest BCUT2D eigenvalue weighted by atomic mass is 15.2. The Bertz CT molecular complexity index is 234. The second-order valence-electron chi connectivity index (χ2n) is 7.17. The van der Waals surface area contributed by atoms with Crippen molar-refractivity contribution >= 4 is 0 Å². The molecular weight excluding hydrogens is 222 g/mol. The number of nitrogens with zero attached hydrogens (tertiary/aromatic N) is 2. The molecule has 0 saturated carbocycles. The highest BCUT2D eigenvalue weighted by molar-refractivity contribution is 4.78. The highest BCUT2D eigenvalue weighted by Crippen LogP contribution is 2.16. The summed E-state index contributed by atoms with van der Waals surface area (Å²) in [5.74, 6) is 0.873. The fourth-order valence-corrected chi connectivity index (χ4v) is 2.64. The van der Waals surface area contributed by atoms with Crippen LogP contribution in [0.25, 0.3) is 0 Å². The maximum absolute atomic E-state index is 3.57. The lowest BCUT2D eigenvalue weighted by atomic mass is 10.1. The fourth-order valence-electron chi connectivity index (χ4n) is 2.64. The fraction of sp³-hybridized carbons (Fsp3) is 1.00. The molecule has 1 aliphatic rings. The van der Waals surface area contributed by atoms with E-state index in [1.165, 1.54) is 32.5 Å². The van der Waals surface area contributed by atoms with Crippen LogP contribution in [0.2, 0.25) is 0 Å². The molecule has 3 nitrogen and oxygen atoms in total. The van der Waals surface area contributed by atoms with Crippen LogP contribution in [0.4, 0.5) is 0 Å². The van der Waals surface area contributed by atoms with E-state index in [0.29, 0.717) is 6.04 Å². The Morgan fingerprint density at radius 2 is 2.06 bits per heavy atom. The van der Waals surface area contributed by atoms with Crippen LogP contribution in [-0.2, 0) is 0 Å². The van der Waals surface area contributed by atoms with Crippen LogP contribution in [0.15, 0.2) is 0 Å². The van der Waals surface area contributed by atoms with Gasteiger partial charge in [-0.15, -0.1) is 0 Å². The van der Waals surface area contributed by atoms with E-state index in [0.717, 1.165) is 12.5 Å². The van der Waals surface area contributed by atoms with Gasteiger partial charge in [0.15, 0.2) is 0 Å². The molecule has 0 spiro atoms. The van der Waals surface area contributed by atoms with E-state index in [9.17, 15) is 0 Å². The molecule has 1 rings (SSSR count). The minimum Gasteiger partial charge on any atom is -0.312 e. The predicted molar refractivity (Wildman–Crippen MR) is 80.1 cm³/mol. The predicted octanol–water partition coefficient (Wildman–Crippen LogP) is 2.04. The zero-order valence-corrected chi connectivity index (χ0v) is 13.3. The number of hydrogen-bond acceptors (Lipinski definition) is 3. The van der Waals surface area contributed by atoms with E-state index in [-0.39, 0.29) is 5.54 Å². The van der Waals surface area contributed by atoms with Gasteiger partial charge in [-0.2, -0.15) is 0 Å². The lowest BCUT2D eigenvalue weighted by molar-refractivity contribution is 0.205. The zero-order chi connectivity index (χ0) is 13.8. The summed E-state index contributed by atoms with van der Waals surface area (Å²) in [5, 5.41) is 3.57. The van der Waals surface area contributed by atoms with Crippen molar-refractivity contribution in [3.63, 3.8) is 0 Å². The number of rotatable bonds is 6. The average molecular weight is 255 g/mol. The Labute approximate surface area is 114 Å². The van der Waals surface area contributed by atoms with Crippen LogP contribution in [0, 0.1) is 5.92 Å². The maximum Gasteiger partial charge on any atom is 0.00965 e. The molecule has 1 N–H and O–H groups in total. The Kier molecular flexibility index (Phi) is 6.09. The van der Waals surface area contributed by atoms with Crippen LogP contribution in [0.3, 0.4) is 0 Å². The van der Waals surface area contributed by atoms with Crippen molar-refractivity contribution in [3.8, 4) is 0 Å². The summed E-state index contributed by atoms with van der Waals surface area (Å²) >= 11 is 0. The van der Waals surface area contributed by atoms with Gasteiger partial charge in [0.05, 0.1) is 0 Å². The molecular formula is C15H33N3. The van der Waals surface area contributed by atoms with Crippen molar-refractivity contribution in [2.45, 2.75) is 52.1 Å². The minimum atomic E-state index is 0.243. The highest BCUT2D eigenvalue weighted by Gasteiger charge is 2.22. The van der Waals surface area contributed by atoms with Gasteiger partial charge >= 0.3 is 0 Å². The smallest absolute Gasteiger partial charge is 0.00965 e. The van der Waals surface area contributed by atoms with Crippen LogP contribution >= 0.6 is 0 Å². The van der Waals surface area contributed by atoms with Gasteiger partial charge in [-0.3, -0.25) is 0 Å². The zero-order valence-electron chi connectivity index (χ0n) is 13.3. The molecule has 0 amide bonds. The average Bonchev–Trinajstić information content (AvgIpc) is 2.61. The van der Waals surface area contributed by atoms with Gasteiger partial charge in [0, 0.05) is 24.7 Å². The Balaban J connectivity index is 2.18. The summed E-state index contributed by atoms with van der Waals surface area (Å²) in [7, 11) is 4.51. The second kappa shape index (κ2) is 6.88. The molecule has 0 aromatic carbocycles. The first-order chi connectivity index (χ1) is 8.28. The van der Waals surface area contributed by atoms with Gasteiger partial charge in [0.2, 0.25) is 0 Å². The third kappa shape index (κ3) is 6.17. The summed E-state index contributed by atoms with van der Waals surface area (Å²) in [6.45, 7) is 14.0. The van der Waals surface area contributed by atoms with Crippen LogP contribution in [0.1, 0.15) is 40.5 Å². The van der Waals surface area contributed by atoms with E-state index in [1.54, 1.807) is 0 Å². The van der Waals surface area contributed by atoms with E-state index in [4.69, 9.17) is 0 Å². The molecule has 2 unspecified atom stereocenters. The minimum absolute atomic E-state index is 0.243. The monoisotopic (exact) mass is 255 g/mol. The van der Waals surface area contributed by atoms with Gasteiger partial charge in [-0.25, -0.2) is 0 Å². The molecule has 0 aromatic rings. The van der Waals surface area contributed by atoms with Crippen molar-refractivity contribution in [1.82, 2.24) is 15.1 Å². The first kappa shape index (κ1) is 15.9. The molecule has 0 bridgehead atoms. The van der Waals surface area contributed by atoms with Crippen LogP contribution < -0.4 is 5.32 Å². The summed E-state index contributed by atoms with van der Waals surface area (Å²) < 4.78 is 0. The van der Waals surface area contributed by atoms with E-state index < -0.39 is 0 Å². The molecule has 3 heteroatoms. The van der Waals surface area contributed by atoms with Crippen molar-refractivity contribution in [2.24, 2.45) is 5.92 Å². The van der Waals surface area contributed by atoms with Crippen molar-refractivity contribution < 1.29 is 0 Å². The van der Waals surface area contributed by atoms with Gasteiger partial charge in [0.25, 0.3) is 0 Å². The number of likely N-dealkylation sites (tertiary alicyclic amines) is 1. The molecule has 0 aromatic heterocycles. The quantitative estimate of drug-likeness (QED) is 0.783.